The van der Waals surface area contributed by atoms with Crippen molar-refractivity contribution in [3.8, 4) is 6.07 Å². The van der Waals surface area contributed by atoms with E-state index in [1.165, 1.54) is 0 Å². The van der Waals surface area contributed by atoms with E-state index in [-0.39, 0.29) is 24.5 Å². The molecule has 5 nitrogen and oxygen atoms in total. The molecule has 0 aromatic carbocycles. The second-order valence-corrected chi connectivity index (χ2v) is 6.96. The summed E-state index contributed by atoms with van der Waals surface area (Å²) >= 11 is 6.32. The number of carbonyl (C=O) groups is 2. The number of ketones is 1. The largest absolute Gasteiger partial charge is 0.326 e. The average Bonchev–Trinajstić information content (AvgIpc) is 3.10. The van der Waals surface area contributed by atoms with E-state index in [9.17, 15) is 9.59 Å². The number of carbonyl (C=O) groups excluding carboxylic acids is 2. The van der Waals surface area contributed by atoms with Gasteiger partial charge in [0.25, 0.3) is 0 Å². The molecule has 1 amide bonds. The van der Waals surface area contributed by atoms with Crippen LogP contribution in [0.4, 0.5) is 0 Å². The molecule has 3 rings (SSSR count). The highest BCUT2D eigenvalue weighted by Gasteiger charge is 2.43. The second-order valence-electron chi connectivity index (χ2n) is 6.52. The zero-order chi connectivity index (χ0) is 15.0. The van der Waals surface area contributed by atoms with Crippen LogP contribution in [0.15, 0.2) is 0 Å². The maximum Gasteiger partial charge on any atom is 0.239 e. The zero-order valence-electron chi connectivity index (χ0n) is 12.0. The molecule has 4 atom stereocenters. The number of hydrogen-bond acceptors (Lipinski definition) is 4. The Balaban J connectivity index is 1.53. The van der Waals surface area contributed by atoms with E-state index >= 15 is 0 Å². The highest BCUT2D eigenvalue weighted by molar-refractivity contribution is 6.14. The first kappa shape index (κ1) is 14.8. The first-order chi connectivity index (χ1) is 10.1. The van der Waals surface area contributed by atoms with Crippen LogP contribution in [0, 0.1) is 23.2 Å². The van der Waals surface area contributed by atoms with Gasteiger partial charge in [-0.05, 0) is 49.3 Å². The normalized spacial score (nSPS) is 35.3. The molecule has 0 N–H and O–H groups in total. The van der Waals surface area contributed by atoms with Crippen molar-refractivity contribution < 1.29 is 9.59 Å². The van der Waals surface area contributed by atoms with E-state index in [2.05, 4.69) is 6.07 Å². The van der Waals surface area contributed by atoms with Crippen LogP contribution in [0.1, 0.15) is 38.5 Å². The molecule has 3 fully saturated rings. The fraction of sp³-hybridized carbons (Fsp3) is 0.800. The molecule has 21 heavy (non-hydrogen) atoms. The van der Waals surface area contributed by atoms with Crippen molar-refractivity contribution in [1.82, 2.24) is 9.32 Å². The first-order valence-corrected chi connectivity index (χ1v) is 8.05. The number of amides is 1. The van der Waals surface area contributed by atoms with Gasteiger partial charge in [-0.3, -0.25) is 9.59 Å². The van der Waals surface area contributed by atoms with E-state index in [4.69, 9.17) is 17.0 Å². The number of nitriles is 1. The summed E-state index contributed by atoms with van der Waals surface area (Å²) in [6.45, 7) is 0.823. The number of hydrogen-bond donors (Lipinski definition) is 0. The van der Waals surface area contributed by atoms with Crippen LogP contribution in [0.25, 0.3) is 0 Å². The smallest absolute Gasteiger partial charge is 0.239 e. The molecule has 6 heteroatoms. The van der Waals surface area contributed by atoms with Crippen LogP contribution in [-0.4, -0.2) is 46.2 Å². The third-order valence-electron chi connectivity index (χ3n) is 5.20. The SMILES string of the molecule is N#C[C@@H]1CCCN1C(=O)CN(Cl)C1C[C@H]2CC(=O)C[C@H]2C1. The third kappa shape index (κ3) is 2.93. The van der Waals surface area contributed by atoms with Crippen molar-refractivity contribution in [2.24, 2.45) is 11.8 Å². The summed E-state index contributed by atoms with van der Waals surface area (Å²) in [4.78, 5) is 25.3. The summed E-state index contributed by atoms with van der Waals surface area (Å²) in [5.74, 6) is 1.23. The standard InChI is InChI=1S/C15H20ClN3O2/c16-19(9-15(21)18-3-1-2-12(18)8-17)13-4-10-6-14(20)7-11(10)5-13/h10-13H,1-7,9H2/t10-,11+,12-,13?/m0/s1. The molecular formula is C15H20ClN3O2. The quantitative estimate of drug-likeness (QED) is 0.745. The van der Waals surface area contributed by atoms with Gasteiger partial charge in [-0.2, -0.15) is 5.26 Å². The van der Waals surface area contributed by atoms with E-state index in [1.807, 2.05) is 0 Å². The number of halogens is 1. The first-order valence-electron chi connectivity index (χ1n) is 7.71. The number of rotatable bonds is 3. The Bertz CT molecular complexity index is 474. The molecule has 2 aliphatic carbocycles. The van der Waals surface area contributed by atoms with E-state index in [0.717, 1.165) is 25.7 Å². The summed E-state index contributed by atoms with van der Waals surface area (Å²) in [6, 6.07) is 2.07. The Labute approximate surface area is 129 Å². The summed E-state index contributed by atoms with van der Waals surface area (Å²) in [7, 11) is 0. The Morgan fingerprint density at radius 1 is 1.38 bits per heavy atom. The van der Waals surface area contributed by atoms with Gasteiger partial charge in [0.1, 0.15) is 11.8 Å². The lowest BCUT2D eigenvalue weighted by atomic mass is 10.0. The highest BCUT2D eigenvalue weighted by Crippen LogP contribution is 2.44. The Morgan fingerprint density at radius 2 is 2.05 bits per heavy atom. The van der Waals surface area contributed by atoms with Crippen LogP contribution in [0.3, 0.4) is 0 Å². The van der Waals surface area contributed by atoms with Gasteiger partial charge >= 0.3 is 0 Å². The van der Waals surface area contributed by atoms with Gasteiger partial charge in [0.05, 0.1) is 12.6 Å². The molecule has 1 aliphatic heterocycles. The number of nitrogens with zero attached hydrogens (tertiary/aromatic N) is 3. The monoisotopic (exact) mass is 309 g/mol. The number of fused-ring (bicyclic) bond motifs is 1. The van der Waals surface area contributed by atoms with E-state index in [1.54, 1.807) is 9.32 Å². The lowest BCUT2D eigenvalue weighted by Gasteiger charge is -2.25. The van der Waals surface area contributed by atoms with Gasteiger partial charge < -0.3 is 4.90 Å². The minimum Gasteiger partial charge on any atom is -0.326 e. The Kier molecular flexibility index (Phi) is 4.19. The molecule has 0 spiro atoms. The summed E-state index contributed by atoms with van der Waals surface area (Å²) in [5, 5.41) is 9.04. The lowest BCUT2D eigenvalue weighted by Crippen LogP contribution is -2.42. The molecule has 0 bridgehead atoms. The molecule has 0 aromatic rings. The molecular weight excluding hydrogens is 290 g/mol. The molecule has 1 heterocycles. The van der Waals surface area contributed by atoms with Gasteiger partial charge in [0.15, 0.2) is 0 Å². The highest BCUT2D eigenvalue weighted by atomic mass is 35.5. The Morgan fingerprint density at radius 3 is 2.67 bits per heavy atom. The predicted octanol–water partition coefficient (Wildman–Crippen LogP) is 1.71. The molecule has 1 unspecified atom stereocenters. The molecule has 3 aliphatic rings. The van der Waals surface area contributed by atoms with E-state index in [0.29, 0.717) is 37.0 Å². The third-order valence-corrected chi connectivity index (χ3v) is 5.60. The maximum atomic E-state index is 12.3. The fourth-order valence-electron chi connectivity index (χ4n) is 4.13. The van der Waals surface area contributed by atoms with Gasteiger partial charge in [-0.1, -0.05) is 0 Å². The Hall–Kier alpha value is -1.12. The maximum absolute atomic E-state index is 12.3. The average molecular weight is 310 g/mol. The molecule has 0 aromatic heterocycles. The van der Waals surface area contributed by atoms with Gasteiger partial charge in [-0.15, -0.1) is 0 Å². The van der Waals surface area contributed by atoms with Gasteiger partial charge in [-0.25, -0.2) is 4.42 Å². The van der Waals surface area contributed by atoms with Crippen molar-refractivity contribution in [2.45, 2.75) is 50.6 Å². The van der Waals surface area contributed by atoms with E-state index < -0.39 is 0 Å². The minimum absolute atomic E-state index is 0.0535. The molecule has 114 valence electrons. The van der Waals surface area contributed by atoms with Crippen molar-refractivity contribution in [2.75, 3.05) is 13.1 Å². The van der Waals surface area contributed by atoms with Crippen LogP contribution < -0.4 is 0 Å². The van der Waals surface area contributed by atoms with Crippen LogP contribution in [0.2, 0.25) is 0 Å². The molecule has 1 saturated heterocycles. The second kappa shape index (κ2) is 5.94. The van der Waals surface area contributed by atoms with Crippen molar-refractivity contribution in [1.29, 1.82) is 5.26 Å². The molecule has 2 saturated carbocycles. The lowest BCUT2D eigenvalue weighted by molar-refractivity contribution is -0.131. The van der Waals surface area contributed by atoms with Crippen LogP contribution in [-0.2, 0) is 9.59 Å². The van der Waals surface area contributed by atoms with Crippen molar-refractivity contribution in [3.63, 3.8) is 0 Å². The summed E-state index contributed by atoms with van der Waals surface area (Å²) in [5.41, 5.74) is 0. The van der Waals surface area contributed by atoms with Gasteiger partial charge in [0.2, 0.25) is 5.91 Å². The fourth-order valence-corrected chi connectivity index (χ4v) is 4.39. The predicted molar refractivity (Wildman–Crippen MR) is 77.2 cm³/mol. The number of likely N-dealkylation sites (tertiary alicyclic amines) is 1. The topological polar surface area (TPSA) is 64.4 Å². The van der Waals surface area contributed by atoms with Crippen LogP contribution >= 0.6 is 11.8 Å². The van der Waals surface area contributed by atoms with Crippen molar-refractivity contribution >= 4 is 23.5 Å². The molecule has 0 radical (unpaired) electrons. The van der Waals surface area contributed by atoms with Crippen molar-refractivity contribution in [3.05, 3.63) is 0 Å². The van der Waals surface area contributed by atoms with Crippen LogP contribution in [0.5, 0.6) is 0 Å². The minimum atomic E-state index is -0.289. The number of Topliss-reactive ketones (excluding diaryl/α,β-unsaturated/α-hetero) is 1. The van der Waals surface area contributed by atoms with Gasteiger partial charge in [0, 0.05) is 25.4 Å². The summed E-state index contributed by atoms with van der Waals surface area (Å²) < 4.78 is 1.61. The summed E-state index contributed by atoms with van der Waals surface area (Å²) in [6.07, 6.45) is 4.84. The zero-order valence-corrected chi connectivity index (χ0v) is 12.8.